The number of aromatic amines is 1. The van der Waals surface area contributed by atoms with Crippen LogP contribution in [0.4, 0.5) is 23.1 Å². The zero-order chi connectivity index (χ0) is 21.8. The summed E-state index contributed by atoms with van der Waals surface area (Å²) < 4.78 is 0. The number of pyridine rings is 1. The number of aromatic nitrogens is 3. The van der Waals surface area contributed by atoms with E-state index in [9.17, 15) is 0 Å². The Kier molecular flexibility index (Phi) is 6.33. The van der Waals surface area contributed by atoms with Crippen molar-refractivity contribution in [2.75, 3.05) is 17.2 Å². The largest absolute Gasteiger partial charge is 0.367 e. The molecule has 8 heteroatoms. The van der Waals surface area contributed by atoms with Crippen LogP contribution in [0, 0.1) is 18.3 Å². The van der Waals surface area contributed by atoms with Crippen molar-refractivity contribution in [1.29, 1.82) is 5.26 Å². The van der Waals surface area contributed by atoms with Crippen LogP contribution in [0.15, 0.2) is 23.3 Å². The molecule has 3 atom stereocenters. The number of imidazole rings is 1. The minimum absolute atomic E-state index is 0.341. The van der Waals surface area contributed by atoms with Gasteiger partial charge in [-0.2, -0.15) is 5.26 Å². The van der Waals surface area contributed by atoms with E-state index in [-0.39, 0.29) is 0 Å². The average Bonchev–Trinajstić information content (AvgIpc) is 3.26. The van der Waals surface area contributed by atoms with Crippen molar-refractivity contribution in [2.24, 2.45) is 4.99 Å². The van der Waals surface area contributed by atoms with Gasteiger partial charge >= 0.3 is 0 Å². The van der Waals surface area contributed by atoms with Crippen molar-refractivity contribution in [3.8, 4) is 6.07 Å². The number of aliphatic imine (C=N–C) groups is 1. The minimum atomic E-state index is 0.341. The number of piperidine rings is 1. The van der Waals surface area contributed by atoms with E-state index >= 15 is 0 Å². The first-order valence-electron chi connectivity index (χ1n) is 10.9. The first-order chi connectivity index (χ1) is 15.1. The first-order valence-corrected chi connectivity index (χ1v) is 10.9. The number of hydrogen-bond donors (Lipinski definition) is 3. The molecule has 31 heavy (non-hydrogen) atoms. The summed E-state index contributed by atoms with van der Waals surface area (Å²) in [5.74, 6) is 3.05. The van der Waals surface area contributed by atoms with Crippen LogP contribution in [0.2, 0.25) is 0 Å². The van der Waals surface area contributed by atoms with Crippen LogP contribution in [0.25, 0.3) is 6.08 Å². The number of H-pyrrole nitrogens is 1. The van der Waals surface area contributed by atoms with E-state index in [1.165, 1.54) is 12.8 Å². The van der Waals surface area contributed by atoms with Gasteiger partial charge in [0.1, 0.15) is 23.3 Å². The zero-order valence-corrected chi connectivity index (χ0v) is 18.2. The number of nitriles is 1. The normalized spacial score (nSPS) is 23.1. The molecule has 2 aromatic rings. The van der Waals surface area contributed by atoms with E-state index in [1.54, 1.807) is 0 Å². The molecule has 3 N–H and O–H groups in total. The highest BCUT2D eigenvalue weighted by Gasteiger charge is 2.40. The Morgan fingerprint density at radius 2 is 2.10 bits per heavy atom. The number of allylic oxidation sites excluding steroid dienone is 1. The van der Waals surface area contributed by atoms with Crippen molar-refractivity contribution < 1.29 is 0 Å². The van der Waals surface area contributed by atoms with Gasteiger partial charge in [-0.25, -0.2) is 9.97 Å². The van der Waals surface area contributed by atoms with Crippen molar-refractivity contribution in [3.05, 3.63) is 29.7 Å². The molecule has 0 amide bonds. The fraction of sp³-hybridized carbons (Fsp3) is 0.478. The van der Waals surface area contributed by atoms with E-state index in [1.807, 2.05) is 38.3 Å². The molecule has 0 spiro atoms. The molecule has 2 saturated heterocycles. The molecule has 0 aliphatic carbocycles. The second kappa shape index (κ2) is 9.31. The fourth-order valence-electron chi connectivity index (χ4n) is 4.92. The van der Waals surface area contributed by atoms with Gasteiger partial charge in [-0.05, 0) is 46.2 Å². The lowest BCUT2D eigenvalue weighted by Gasteiger charge is -2.39. The summed E-state index contributed by atoms with van der Waals surface area (Å²) in [7, 11) is 0. The molecule has 2 bridgehead atoms. The maximum atomic E-state index is 8.97. The third-order valence-corrected chi connectivity index (χ3v) is 6.21. The number of aryl methyl sites for hydroxylation is 1. The fourth-order valence-corrected chi connectivity index (χ4v) is 4.92. The standard InChI is InChI=1S/C23H30N8/c1-4-6-19-20(25-3)13-21(29-22-14-26-15(2)27-22)30-23(19)28-16-11-17-7-8-18(12-16)31(17)10-5-9-24/h4,6,13-14,16-18H,3,5,7-8,10-12H2,1-2H3,(H,26,27)(H2,28,29,30)/b6-4-/t16-,17-,18+. The molecule has 2 aromatic heterocycles. The summed E-state index contributed by atoms with van der Waals surface area (Å²) in [6, 6.07) is 5.61. The van der Waals surface area contributed by atoms with Gasteiger partial charge in [-0.3, -0.25) is 9.89 Å². The van der Waals surface area contributed by atoms with Crippen LogP contribution in [-0.2, 0) is 0 Å². The Labute approximate surface area is 183 Å². The van der Waals surface area contributed by atoms with Crippen LogP contribution < -0.4 is 10.6 Å². The average molecular weight is 419 g/mol. The van der Waals surface area contributed by atoms with Gasteiger partial charge in [0.15, 0.2) is 0 Å². The summed E-state index contributed by atoms with van der Waals surface area (Å²) in [5, 5.41) is 15.9. The highest BCUT2D eigenvalue weighted by molar-refractivity contribution is 5.78. The summed E-state index contributed by atoms with van der Waals surface area (Å²) in [5.41, 5.74) is 1.72. The molecule has 8 nitrogen and oxygen atoms in total. The van der Waals surface area contributed by atoms with E-state index in [2.05, 4.69) is 43.3 Å². The summed E-state index contributed by atoms with van der Waals surface area (Å²) in [4.78, 5) is 19.1. The molecule has 162 valence electrons. The first kappa shape index (κ1) is 21.1. The van der Waals surface area contributed by atoms with Crippen molar-refractivity contribution in [2.45, 2.75) is 64.1 Å². The van der Waals surface area contributed by atoms with E-state index in [4.69, 9.17) is 10.2 Å². The summed E-state index contributed by atoms with van der Waals surface area (Å²) >= 11 is 0. The predicted molar refractivity (Wildman–Crippen MR) is 125 cm³/mol. The zero-order valence-electron chi connectivity index (χ0n) is 18.2. The van der Waals surface area contributed by atoms with Crippen molar-refractivity contribution in [3.63, 3.8) is 0 Å². The lowest BCUT2D eigenvalue weighted by Crippen LogP contribution is -2.47. The maximum absolute atomic E-state index is 8.97. The van der Waals surface area contributed by atoms with Gasteiger partial charge in [0.25, 0.3) is 0 Å². The van der Waals surface area contributed by atoms with E-state index in [0.717, 1.165) is 42.3 Å². The molecule has 2 fully saturated rings. The Bertz CT molecular complexity index is 987. The predicted octanol–water partition coefficient (Wildman–Crippen LogP) is 4.54. The second-order valence-electron chi connectivity index (χ2n) is 8.29. The smallest absolute Gasteiger partial charge is 0.149 e. The number of hydrogen-bond acceptors (Lipinski definition) is 7. The monoisotopic (exact) mass is 418 g/mol. The van der Waals surface area contributed by atoms with Crippen LogP contribution in [0.5, 0.6) is 0 Å². The summed E-state index contributed by atoms with van der Waals surface area (Å²) in [6.45, 7) is 8.55. The third-order valence-electron chi connectivity index (χ3n) is 6.21. The molecule has 0 unspecified atom stereocenters. The lowest BCUT2D eigenvalue weighted by atomic mass is 9.96. The van der Waals surface area contributed by atoms with Crippen molar-refractivity contribution in [1.82, 2.24) is 19.9 Å². The van der Waals surface area contributed by atoms with Crippen LogP contribution in [0.3, 0.4) is 0 Å². The van der Waals surface area contributed by atoms with E-state index < -0.39 is 0 Å². The Hall–Kier alpha value is -3.18. The second-order valence-corrected chi connectivity index (χ2v) is 8.29. The number of fused-ring (bicyclic) bond motifs is 2. The third kappa shape index (κ3) is 4.62. The molecule has 0 aromatic carbocycles. The van der Waals surface area contributed by atoms with Crippen LogP contribution >= 0.6 is 0 Å². The Morgan fingerprint density at radius 3 is 2.71 bits per heavy atom. The van der Waals surface area contributed by atoms with Crippen LogP contribution in [-0.4, -0.2) is 51.2 Å². The number of rotatable bonds is 8. The molecule has 4 rings (SSSR count). The SMILES string of the molecule is C=Nc1cc(Nc2c[nH]c(C)n2)nc(N[C@@H]2C[C@H]3CC[C@@H](C2)N3CCC#N)c1/C=C\C. The summed E-state index contributed by atoms with van der Waals surface area (Å²) in [6.07, 6.45) is 11.0. The molecular formula is C23H30N8. The number of nitrogens with zero attached hydrogens (tertiary/aromatic N) is 5. The Morgan fingerprint density at radius 1 is 1.32 bits per heavy atom. The van der Waals surface area contributed by atoms with Gasteiger partial charge < -0.3 is 15.6 Å². The molecule has 2 aliphatic heterocycles. The minimum Gasteiger partial charge on any atom is -0.367 e. The number of anilines is 3. The van der Waals surface area contributed by atoms with Crippen molar-refractivity contribution >= 4 is 35.9 Å². The van der Waals surface area contributed by atoms with Gasteiger partial charge in [0.05, 0.1) is 11.8 Å². The maximum Gasteiger partial charge on any atom is 0.149 e. The van der Waals surface area contributed by atoms with Gasteiger partial charge in [0, 0.05) is 48.9 Å². The number of nitrogens with one attached hydrogen (secondary N) is 3. The Balaban J connectivity index is 1.57. The van der Waals surface area contributed by atoms with Gasteiger partial charge in [-0.15, -0.1) is 0 Å². The molecule has 0 saturated carbocycles. The molecule has 2 aliphatic rings. The molecular weight excluding hydrogens is 388 g/mol. The lowest BCUT2D eigenvalue weighted by molar-refractivity contribution is 0.135. The highest BCUT2D eigenvalue weighted by Crippen LogP contribution is 2.38. The molecule has 0 radical (unpaired) electrons. The highest BCUT2D eigenvalue weighted by atomic mass is 15.2. The molecule has 4 heterocycles. The van der Waals surface area contributed by atoms with Crippen LogP contribution in [0.1, 0.15) is 50.4 Å². The van der Waals surface area contributed by atoms with Gasteiger partial charge in [0.2, 0.25) is 0 Å². The quantitative estimate of drug-likeness (QED) is 0.544. The topological polar surface area (TPSA) is 105 Å². The van der Waals surface area contributed by atoms with E-state index in [0.29, 0.717) is 36.2 Å². The van der Waals surface area contributed by atoms with Gasteiger partial charge in [-0.1, -0.05) is 12.2 Å².